The molecule has 1 atom stereocenters. The molecule has 2 aliphatic rings. The van der Waals surface area contributed by atoms with Gasteiger partial charge < -0.3 is 4.90 Å². The maximum absolute atomic E-state index is 9.49. The third-order valence-corrected chi connectivity index (χ3v) is 4.77. The number of nitrogens with zero attached hydrogens (tertiary/aromatic N) is 3. The molecule has 1 saturated heterocycles. The Morgan fingerprint density at radius 2 is 2.20 bits per heavy atom. The van der Waals surface area contributed by atoms with Crippen molar-refractivity contribution in [3.63, 3.8) is 0 Å². The van der Waals surface area contributed by atoms with Crippen LogP contribution in [0.25, 0.3) is 0 Å². The lowest BCUT2D eigenvalue weighted by atomic mass is 10.1. The lowest BCUT2D eigenvalue weighted by molar-refractivity contribution is 0.551. The molecule has 20 heavy (non-hydrogen) atoms. The van der Waals surface area contributed by atoms with Crippen molar-refractivity contribution in [3.8, 4) is 6.07 Å². The Labute approximate surface area is 121 Å². The molecule has 3 nitrogen and oxygen atoms in total. The summed E-state index contributed by atoms with van der Waals surface area (Å²) in [6.45, 7) is 3.31. The first-order chi connectivity index (χ1) is 9.83. The minimum atomic E-state index is 0.552. The maximum atomic E-state index is 9.49. The van der Waals surface area contributed by atoms with Crippen LogP contribution in [-0.4, -0.2) is 17.6 Å². The van der Waals surface area contributed by atoms with E-state index in [1.54, 1.807) is 0 Å². The van der Waals surface area contributed by atoms with Crippen LogP contribution in [0.15, 0.2) is 6.07 Å². The zero-order valence-electron chi connectivity index (χ0n) is 12.4. The molecule has 2 heterocycles. The highest BCUT2D eigenvalue weighted by Gasteiger charge is 2.25. The van der Waals surface area contributed by atoms with Crippen molar-refractivity contribution in [1.82, 2.24) is 4.98 Å². The summed E-state index contributed by atoms with van der Waals surface area (Å²) in [6.07, 6.45) is 9.58. The number of aryl methyl sites for hydroxylation is 2. The second-order valence-corrected chi connectivity index (χ2v) is 6.04. The van der Waals surface area contributed by atoms with Gasteiger partial charge in [0.05, 0.1) is 5.56 Å². The summed E-state index contributed by atoms with van der Waals surface area (Å²) in [5, 5.41) is 9.49. The van der Waals surface area contributed by atoms with Gasteiger partial charge in [-0.2, -0.15) is 5.26 Å². The van der Waals surface area contributed by atoms with E-state index in [1.807, 2.05) is 0 Å². The van der Waals surface area contributed by atoms with Gasteiger partial charge in [-0.15, -0.1) is 0 Å². The highest BCUT2D eigenvalue weighted by molar-refractivity contribution is 5.57. The molecule has 1 aromatic rings. The molecular weight excluding hydrogens is 246 g/mol. The van der Waals surface area contributed by atoms with Crippen LogP contribution in [0.4, 0.5) is 5.82 Å². The Morgan fingerprint density at radius 1 is 1.30 bits per heavy atom. The van der Waals surface area contributed by atoms with Crippen molar-refractivity contribution in [3.05, 3.63) is 22.9 Å². The van der Waals surface area contributed by atoms with Crippen LogP contribution in [-0.2, 0) is 12.8 Å². The van der Waals surface area contributed by atoms with Gasteiger partial charge in [-0.05, 0) is 50.2 Å². The van der Waals surface area contributed by atoms with E-state index in [9.17, 15) is 5.26 Å². The van der Waals surface area contributed by atoms with Crippen LogP contribution < -0.4 is 4.90 Å². The number of hydrogen-bond acceptors (Lipinski definition) is 3. The van der Waals surface area contributed by atoms with E-state index in [4.69, 9.17) is 4.98 Å². The normalized spacial score (nSPS) is 22.2. The Balaban J connectivity index is 2.01. The van der Waals surface area contributed by atoms with Gasteiger partial charge in [0, 0.05) is 18.3 Å². The van der Waals surface area contributed by atoms with Crippen LogP contribution >= 0.6 is 0 Å². The average Bonchev–Trinajstić information content (AvgIpc) is 2.80. The third-order valence-electron chi connectivity index (χ3n) is 4.77. The summed E-state index contributed by atoms with van der Waals surface area (Å²) < 4.78 is 0. The van der Waals surface area contributed by atoms with Gasteiger partial charge >= 0.3 is 0 Å². The van der Waals surface area contributed by atoms with Gasteiger partial charge in [0.2, 0.25) is 0 Å². The molecule has 106 valence electrons. The number of rotatable bonds is 2. The number of hydrogen-bond donors (Lipinski definition) is 0. The second-order valence-electron chi connectivity index (χ2n) is 6.04. The van der Waals surface area contributed by atoms with Gasteiger partial charge in [0.1, 0.15) is 11.9 Å². The van der Waals surface area contributed by atoms with Gasteiger partial charge in [-0.25, -0.2) is 4.98 Å². The summed E-state index contributed by atoms with van der Waals surface area (Å²) in [5.74, 6) is 0.960. The van der Waals surface area contributed by atoms with Crippen molar-refractivity contribution in [2.24, 2.45) is 0 Å². The molecule has 1 aromatic heterocycles. The van der Waals surface area contributed by atoms with Crippen molar-refractivity contribution in [2.75, 3.05) is 11.4 Å². The SMILES string of the molecule is CCC1CCCCCN1c1nc2c(cc1C#N)CCC2. The minimum absolute atomic E-state index is 0.552. The molecule has 1 fully saturated rings. The highest BCUT2D eigenvalue weighted by atomic mass is 15.2. The lowest BCUT2D eigenvalue weighted by Gasteiger charge is -2.31. The number of nitriles is 1. The standard InChI is InChI=1S/C17H23N3/c1-2-15-8-4-3-5-10-20(15)17-14(12-18)11-13-7-6-9-16(13)19-17/h11,15H,2-10H2,1H3. The van der Waals surface area contributed by atoms with E-state index in [-0.39, 0.29) is 0 Å². The first kappa shape index (κ1) is 13.4. The number of fused-ring (bicyclic) bond motifs is 1. The van der Waals surface area contributed by atoms with E-state index < -0.39 is 0 Å². The fourth-order valence-electron chi connectivity index (χ4n) is 3.64. The molecule has 0 spiro atoms. The molecule has 0 aromatic carbocycles. The minimum Gasteiger partial charge on any atom is -0.353 e. The van der Waals surface area contributed by atoms with Gasteiger partial charge in [-0.1, -0.05) is 19.8 Å². The van der Waals surface area contributed by atoms with E-state index in [0.717, 1.165) is 37.2 Å². The van der Waals surface area contributed by atoms with Gasteiger partial charge in [-0.3, -0.25) is 0 Å². The third kappa shape index (κ3) is 2.40. The first-order valence-electron chi connectivity index (χ1n) is 8.03. The van der Waals surface area contributed by atoms with Crippen molar-refractivity contribution < 1.29 is 0 Å². The monoisotopic (exact) mass is 269 g/mol. The predicted molar refractivity (Wildman–Crippen MR) is 80.9 cm³/mol. The molecular formula is C17H23N3. The van der Waals surface area contributed by atoms with Crippen LogP contribution in [0.5, 0.6) is 0 Å². The molecule has 0 N–H and O–H groups in total. The number of aromatic nitrogens is 1. The van der Waals surface area contributed by atoms with Crippen LogP contribution in [0.3, 0.4) is 0 Å². The van der Waals surface area contributed by atoms with Gasteiger partial charge in [0.25, 0.3) is 0 Å². The fourth-order valence-corrected chi connectivity index (χ4v) is 3.64. The predicted octanol–water partition coefficient (Wildman–Crippen LogP) is 3.60. The van der Waals surface area contributed by atoms with E-state index in [1.165, 1.54) is 43.4 Å². The zero-order valence-corrected chi connectivity index (χ0v) is 12.4. The second kappa shape index (κ2) is 5.83. The summed E-state index contributed by atoms with van der Waals surface area (Å²) >= 11 is 0. The van der Waals surface area contributed by atoms with Crippen molar-refractivity contribution >= 4 is 5.82 Å². The fraction of sp³-hybridized carbons (Fsp3) is 0.647. The average molecular weight is 269 g/mol. The maximum Gasteiger partial charge on any atom is 0.147 e. The summed E-state index contributed by atoms with van der Waals surface area (Å²) in [6, 6.07) is 5.04. The summed E-state index contributed by atoms with van der Waals surface area (Å²) in [7, 11) is 0. The molecule has 0 saturated carbocycles. The molecule has 0 bridgehead atoms. The molecule has 1 aliphatic heterocycles. The summed E-state index contributed by atoms with van der Waals surface area (Å²) in [4.78, 5) is 7.31. The Bertz CT molecular complexity index is 530. The van der Waals surface area contributed by atoms with Gasteiger partial charge in [0.15, 0.2) is 0 Å². The van der Waals surface area contributed by atoms with Crippen LogP contribution in [0.1, 0.15) is 62.3 Å². The van der Waals surface area contributed by atoms with E-state index in [2.05, 4.69) is 24.0 Å². The number of pyridine rings is 1. The molecule has 0 radical (unpaired) electrons. The molecule has 1 aliphatic carbocycles. The lowest BCUT2D eigenvalue weighted by Crippen LogP contribution is -2.35. The topological polar surface area (TPSA) is 39.9 Å². The van der Waals surface area contributed by atoms with Crippen LogP contribution in [0, 0.1) is 11.3 Å². The highest BCUT2D eigenvalue weighted by Crippen LogP contribution is 2.31. The molecule has 3 rings (SSSR count). The number of anilines is 1. The Kier molecular flexibility index (Phi) is 3.91. The Morgan fingerprint density at radius 3 is 3.00 bits per heavy atom. The smallest absolute Gasteiger partial charge is 0.147 e. The zero-order chi connectivity index (χ0) is 13.9. The molecule has 0 amide bonds. The van der Waals surface area contributed by atoms with E-state index >= 15 is 0 Å². The summed E-state index contributed by atoms with van der Waals surface area (Å²) in [5.41, 5.74) is 3.32. The largest absolute Gasteiger partial charge is 0.353 e. The molecule has 3 heteroatoms. The van der Waals surface area contributed by atoms with Crippen LogP contribution in [0.2, 0.25) is 0 Å². The Hall–Kier alpha value is -1.56. The van der Waals surface area contributed by atoms with Crippen molar-refractivity contribution in [2.45, 2.75) is 64.3 Å². The van der Waals surface area contributed by atoms with E-state index in [0.29, 0.717) is 6.04 Å². The first-order valence-corrected chi connectivity index (χ1v) is 8.03. The van der Waals surface area contributed by atoms with Crippen molar-refractivity contribution in [1.29, 1.82) is 5.26 Å². The quantitative estimate of drug-likeness (QED) is 0.823. The molecule has 1 unspecified atom stereocenters.